The fourth-order valence-electron chi connectivity index (χ4n) is 1.97. The van der Waals surface area contributed by atoms with Crippen molar-refractivity contribution < 1.29 is 23.0 Å². The van der Waals surface area contributed by atoms with Gasteiger partial charge < -0.3 is 9.47 Å². The molecule has 0 aliphatic rings. The van der Waals surface area contributed by atoms with E-state index in [-0.39, 0.29) is 16.7 Å². The van der Waals surface area contributed by atoms with E-state index in [9.17, 15) is 13.6 Å². The fourth-order valence-corrected chi connectivity index (χ4v) is 1.97. The molecule has 1 aromatic carbocycles. The molecule has 0 aliphatic carbocycles. The van der Waals surface area contributed by atoms with E-state index in [1.54, 1.807) is 6.92 Å². The number of nitrogens with zero attached hydrogens (tertiary/aromatic N) is 1. The van der Waals surface area contributed by atoms with Gasteiger partial charge in [0.05, 0.1) is 12.6 Å². The molecule has 106 valence electrons. The van der Waals surface area contributed by atoms with E-state index in [2.05, 4.69) is 9.72 Å². The number of methoxy groups -OCH3 is 1. The highest BCUT2D eigenvalue weighted by molar-refractivity contribution is 5.88. The van der Waals surface area contributed by atoms with Crippen LogP contribution in [0.1, 0.15) is 18.2 Å². The Kier molecular flexibility index (Phi) is 3.83. The summed E-state index contributed by atoms with van der Waals surface area (Å²) in [6, 6.07) is 1.94. The highest BCUT2D eigenvalue weighted by Crippen LogP contribution is 2.32. The van der Waals surface area contributed by atoms with E-state index in [0.717, 1.165) is 12.1 Å². The summed E-state index contributed by atoms with van der Waals surface area (Å²) < 4.78 is 36.2. The molecule has 0 spiro atoms. The third-order valence-electron chi connectivity index (χ3n) is 3.00. The van der Waals surface area contributed by atoms with Crippen LogP contribution in [0.15, 0.2) is 12.1 Å². The molecule has 0 bridgehead atoms. The maximum atomic E-state index is 13.4. The predicted molar refractivity (Wildman–Crippen MR) is 68.8 cm³/mol. The van der Waals surface area contributed by atoms with Gasteiger partial charge in [-0.1, -0.05) is 6.92 Å². The summed E-state index contributed by atoms with van der Waals surface area (Å²) >= 11 is 0. The zero-order chi connectivity index (χ0) is 14.9. The van der Waals surface area contributed by atoms with Crippen LogP contribution >= 0.6 is 0 Å². The molecule has 0 amide bonds. The largest absolute Gasteiger partial charge is 0.513 e. The molecular formula is C14H13F2NO3. The van der Waals surface area contributed by atoms with Gasteiger partial charge in [-0.3, -0.25) is 4.98 Å². The van der Waals surface area contributed by atoms with Gasteiger partial charge in [0.25, 0.3) is 0 Å². The van der Waals surface area contributed by atoms with Gasteiger partial charge >= 0.3 is 6.16 Å². The Morgan fingerprint density at radius 3 is 2.55 bits per heavy atom. The van der Waals surface area contributed by atoms with E-state index in [4.69, 9.17) is 4.74 Å². The van der Waals surface area contributed by atoms with Gasteiger partial charge in [0.15, 0.2) is 11.6 Å². The van der Waals surface area contributed by atoms with Crippen LogP contribution in [0.25, 0.3) is 10.9 Å². The Bertz CT molecular complexity index is 686. The number of carbonyl (C=O) groups excluding carboxylic acids is 1. The molecule has 20 heavy (non-hydrogen) atoms. The number of ether oxygens (including phenoxy) is 2. The summed E-state index contributed by atoms with van der Waals surface area (Å²) in [5, 5.41) is 0.226. The molecular weight excluding hydrogens is 268 g/mol. The Labute approximate surface area is 114 Å². The lowest BCUT2D eigenvalue weighted by Gasteiger charge is -2.13. The van der Waals surface area contributed by atoms with Gasteiger partial charge in [-0.15, -0.1) is 0 Å². The predicted octanol–water partition coefficient (Wildman–Crippen LogP) is 3.53. The van der Waals surface area contributed by atoms with Crippen molar-refractivity contribution in [3.05, 3.63) is 35.0 Å². The van der Waals surface area contributed by atoms with Gasteiger partial charge in [-0.2, -0.15) is 0 Å². The fraction of sp³-hybridized carbons (Fsp3) is 0.286. The van der Waals surface area contributed by atoms with Crippen LogP contribution in [0.3, 0.4) is 0 Å². The van der Waals surface area contributed by atoms with Crippen molar-refractivity contribution in [2.45, 2.75) is 20.3 Å². The van der Waals surface area contributed by atoms with E-state index in [1.807, 2.05) is 6.92 Å². The lowest BCUT2D eigenvalue weighted by molar-refractivity contribution is 0.121. The molecule has 1 aromatic heterocycles. The van der Waals surface area contributed by atoms with E-state index in [0.29, 0.717) is 17.7 Å². The molecule has 2 aromatic rings. The third-order valence-corrected chi connectivity index (χ3v) is 3.00. The number of benzene rings is 1. The first kappa shape index (κ1) is 14.2. The summed E-state index contributed by atoms with van der Waals surface area (Å²) in [6.45, 7) is 3.56. The smallest absolute Gasteiger partial charge is 0.437 e. The molecule has 4 nitrogen and oxygen atoms in total. The molecule has 0 saturated heterocycles. The van der Waals surface area contributed by atoms with E-state index >= 15 is 0 Å². The minimum absolute atomic E-state index is 0.137. The quantitative estimate of drug-likeness (QED) is 0.790. The molecule has 0 fully saturated rings. The van der Waals surface area contributed by atoms with Gasteiger partial charge in [-0.05, 0) is 19.4 Å². The summed E-state index contributed by atoms with van der Waals surface area (Å²) in [6.07, 6.45) is -0.356. The molecule has 0 atom stereocenters. The van der Waals surface area contributed by atoms with Crippen molar-refractivity contribution in [2.24, 2.45) is 0 Å². The van der Waals surface area contributed by atoms with Crippen LogP contribution in [0.2, 0.25) is 0 Å². The van der Waals surface area contributed by atoms with Crippen LogP contribution in [-0.2, 0) is 11.2 Å². The average molecular weight is 281 g/mol. The zero-order valence-corrected chi connectivity index (χ0v) is 11.3. The number of fused-ring (bicyclic) bond motifs is 1. The maximum absolute atomic E-state index is 13.4. The number of rotatable bonds is 2. The van der Waals surface area contributed by atoms with Gasteiger partial charge in [0.2, 0.25) is 0 Å². The lowest BCUT2D eigenvalue weighted by Crippen LogP contribution is -2.10. The van der Waals surface area contributed by atoms with Crippen LogP contribution in [0, 0.1) is 18.6 Å². The van der Waals surface area contributed by atoms with E-state index < -0.39 is 17.8 Å². The van der Waals surface area contributed by atoms with Crippen molar-refractivity contribution >= 4 is 17.1 Å². The second-order valence-corrected chi connectivity index (χ2v) is 4.21. The first-order valence-corrected chi connectivity index (χ1v) is 6.02. The first-order chi connectivity index (χ1) is 9.47. The van der Waals surface area contributed by atoms with Crippen molar-refractivity contribution in [1.29, 1.82) is 0 Å². The Balaban J connectivity index is 2.76. The minimum Gasteiger partial charge on any atom is -0.437 e. The molecule has 0 radical (unpaired) electrons. The van der Waals surface area contributed by atoms with Gasteiger partial charge in [0.1, 0.15) is 5.75 Å². The minimum atomic E-state index is -1.03. The standard InChI is InChI=1S/C14H13F2NO3/c1-4-11-7(2)13(20-14(18)19-3)8-5-9(15)10(16)6-12(8)17-11/h5-6H,4H2,1-3H3. The highest BCUT2D eigenvalue weighted by atomic mass is 19.2. The van der Waals surface area contributed by atoms with Crippen LogP contribution in [0.5, 0.6) is 5.75 Å². The summed E-state index contributed by atoms with van der Waals surface area (Å²) in [7, 11) is 1.17. The number of halogens is 2. The number of hydrogen-bond donors (Lipinski definition) is 0. The Morgan fingerprint density at radius 1 is 1.30 bits per heavy atom. The number of pyridine rings is 1. The number of carbonyl (C=O) groups is 1. The molecule has 2 rings (SSSR count). The normalized spacial score (nSPS) is 10.7. The summed E-state index contributed by atoms with van der Waals surface area (Å²) in [4.78, 5) is 15.5. The second kappa shape index (κ2) is 5.40. The monoisotopic (exact) mass is 281 g/mol. The molecule has 0 aliphatic heterocycles. The van der Waals surface area contributed by atoms with Gasteiger partial charge in [-0.25, -0.2) is 13.6 Å². The van der Waals surface area contributed by atoms with Crippen molar-refractivity contribution in [3.63, 3.8) is 0 Å². The van der Waals surface area contributed by atoms with Crippen LogP contribution < -0.4 is 4.74 Å². The number of aryl methyl sites for hydroxylation is 1. The Hall–Kier alpha value is -2.24. The Morgan fingerprint density at radius 2 is 1.95 bits per heavy atom. The zero-order valence-electron chi connectivity index (χ0n) is 11.3. The molecule has 0 saturated carbocycles. The van der Waals surface area contributed by atoms with Crippen LogP contribution in [-0.4, -0.2) is 18.2 Å². The molecule has 6 heteroatoms. The molecule has 0 N–H and O–H groups in total. The SMILES string of the molecule is CCc1nc2cc(F)c(F)cc2c(OC(=O)OC)c1C. The number of hydrogen-bond acceptors (Lipinski definition) is 4. The number of aromatic nitrogens is 1. The van der Waals surface area contributed by atoms with Crippen LogP contribution in [0.4, 0.5) is 13.6 Å². The molecule has 1 heterocycles. The molecule has 0 unspecified atom stereocenters. The van der Waals surface area contributed by atoms with E-state index in [1.165, 1.54) is 7.11 Å². The topological polar surface area (TPSA) is 48.4 Å². The highest BCUT2D eigenvalue weighted by Gasteiger charge is 2.18. The third kappa shape index (κ3) is 2.41. The van der Waals surface area contributed by atoms with Crippen molar-refractivity contribution in [2.75, 3.05) is 7.11 Å². The first-order valence-electron chi connectivity index (χ1n) is 6.02. The average Bonchev–Trinajstić information content (AvgIpc) is 2.43. The van der Waals surface area contributed by atoms with Gasteiger partial charge in [0, 0.05) is 22.7 Å². The summed E-state index contributed by atoms with van der Waals surface area (Å²) in [5.41, 5.74) is 1.46. The van der Waals surface area contributed by atoms with Crippen molar-refractivity contribution in [3.8, 4) is 5.75 Å². The maximum Gasteiger partial charge on any atom is 0.513 e. The lowest BCUT2D eigenvalue weighted by atomic mass is 10.1. The second-order valence-electron chi connectivity index (χ2n) is 4.21. The summed E-state index contributed by atoms with van der Waals surface area (Å²) in [5.74, 6) is -1.89. The van der Waals surface area contributed by atoms with Crippen molar-refractivity contribution in [1.82, 2.24) is 4.98 Å².